The van der Waals surface area contributed by atoms with Crippen LogP contribution in [0.1, 0.15) is 45.4 Å². The van der Waals surface area contributed by atoms with Gasteiger partial charge < -0.3 is 5.73 Å². The van der Waals surface area contributed by atoms with Crippen LogP contribution in [0.2, 0.25) is 0 Å². The van der Waals surface area contributed by atoms with E-state index in [1.807, 2.05) is 0 Å². The predicted molar refractivity (Wildman–Crippen MR) is 65.0 cm³/mol. The Labute approximate surface area is 92.0 Å². The van der Waals surface area contributed by atoms with E-state index in [0.717, 1.165) is 5.75 Å². The molecular weight excluding hydrogens is 204 g/mol. The van der Waals surface area contributed by atoms with E-state index >= 15 is 0 Å². The maximum absolute atomic E-state index is 6.98. The molecule has 2 nitrogen and oxygen atoms in total. The monoisotopic (exact) mass is 224 g/mol. The molecule has 0 aliphatic rings. The molecule has 0 atom stereocenters. The first-order valence-corrected chi connectivity index (χ1v) is 5.72. The summed E-state index contributed by atoms with van der Waals surface area (Å²) in [6.07, 6.45) is 7.86. The maximum Gasteiger partial charge on any atom is 0.151 e. The van der Waals surface area contributed by atoms with Gasteiger partial charge in [-0.25, -0.2) is 0 Å². The molecule has 0 aliphatic carbocycles. The third-order valence-electron chi connectivity index (χ3n) is 1.76. The summed E-state index contributed by atoms with van der Waals surface area (Å²) in [5.74, 6) is 1.02. The van der Waals surface area contributed by atoms with Crippen molar-refractivity contribution in [3.05, 3.63) is 0 Å². The average Bonchev–Trinajstić information content (AvgIpc) is 2.02. The number of hydrogen-bond donors (Lipinski definition) is 2. The first-order chi connectivity index (χ1) is 5.77. The van der Waals surface area contributed by atoms with Gasteiger partial charge in [-0.05, 0) is 6.42 Å². The van der Waals surface area contributed by atoms with Crippen molar-refractivity contribution in [1.82, 2.24) is 0 Å². The van der Waals surface area contributed by atoms with Crippen LogP contribution in [0.3, 0.4) is 0 Å². The lowest BCUT2D eigenvalue weighted by Crippen LogP contribution is -2.04. The number of nitrogens with two attached hydrogens (primary N) is 1. The molecule has 0 heterocycles. The molecule has 4 heteroatoms. The largest absolute Gasteiger partial charge is 0.379 e. The van der Waals surface area contributed by atoms with Gasteiger partial charge in [-0.1, -0.05) is 50.8 Å². The van der Waals surface area contributed by atoms with Crippen molar-refractivity contribution in [3.63, 3.8) is 0 Å². The summed E-state index contributed by atoms with van der Waals surface area (Å²) in [6, 6.07) is 0. The van der Waals surface area contributed by atoms with E-state index in [0.29, 0.717) is 0 Å². The van der Waals surface area contributed by atoms with Gasteiger partial charge >= 0.3 is 0 Å². The van der Waals surface area contributed by atoms with Crippen LogP contribution >= 0.6 is 24.2 Å². The second-order valence-electron chi connectivity index (χ2n) is 2.98. The van der Waals surface area contributed by atoms with Crippen molar-refractivity contribution in [1.29, 1.82) is 5.41 Å². The van der Waals surface area contributed by atoms with Crippen LogP contribution in [0.15, 0.2) is 0 Å². The van der Waals surface area contributed by atoms with Gasteiger partial charge in [-0.2, -0.15) is 0 Å². The number of amidine groups is 1. The highest BCUT2D eigenvalue weighted by Crippen LogP contribution is 2.08. The van der Waals surface area contributed by atoms with E-state index in [2.05, 4.69) is 6.92 Å². The third kappa shape index (κ3) is 14.9. The van der Waals surface area contributed by atoms with Crippen LogP contribution < -0.4 is 5.73 Å². The van der Waals surface area contributed by atoms with Crippen molar-refractivity contribution in [2.24, 2.45) is 5.73 Å². The first kappa shape index (κ1) is 15.6. The average molecular weight is 225 g/mol. The number of hydrogen-bond acceptors (Lipinski definition) is 2. The van der Waals surface area contributed by atoms with Crippen LogP contribution in [0.25, 0.3) is 0 Å². The Morgan fingerprint density at radius 2 is 1.69 bits per heavy atom. The first-order valence-electron chi connectivity index (χ1n) is 4.74. The smallest absolute Gasteiger partial charge is 0.151 e. The normalized spacial score (nSPS) is 9.31. The Morgan fingerprint density at radius 3 is 2.23 bits per heavy atom. The minimum atomic E-state index is 0. The summed E-state index contributed by atoms with van der Waals surface area (Å²) in [6.45, 7) is 2.23. The molecule has 0 aromatic rings. The van der Waals surface area contributed by atoms with Gasteiger partial charge in [0.15, 0.2) is 5.17 Å². The quantitative estimate of drug-likeness (QED) is 0.396. The summed E-state index contributed by atoms with van der Waals surface area (Å²) >= 11 is 1.46. The Hall–Kier alpha value is 0.110. The van der Waals surface area contributed by atoms with E-state index < -0.39 is 0 Å². The van der Waals surface area contributed by atoms with E-state index in [1.165, 1.54) is 50.3 Å². The molecule has 0 spiro atoms. The molecule has 0 saturated heterocycles. The van der Waals surface area contributed by atoms with Gasteiger partial charge in [0.05, 0.1) is 0 Å². The molecule has 0 aromatic carbocycles. The molecule has 0 radical (unpaired) electrons. The fraction of sp³-hybridized carbons (Fsp3) is 0.889. The summed E-state index contributed by atoms with van der Waals surface area (Å²) in [7, 11) is 0. The van der Waals surface area contributed by atoms with Gasteiger partial charge in [0.2, 0.25) is 0 Å². The lowest BCUT2D eigenvalue weighted by molar-refractivity contribution is 0.627. The molecular formula is C9H21ClN2S. The molecule has 0 bridgehead atoms. The SMILES string of the molecule is CCCCCCCCSC(=N)N.Cl. The number of halogens is 1. The Kier molecular flexibility index (Phi) is 14.5. The van der Waals surface area contributed by atoms with Crippen molar-refractivity contribution in [3.8, 4) is 0 Å². The van der Waals surface area contributed by atoms with Crippen LogP contribution in [-0.4, -0.2) is 10.9 Å². The second-order valence-corrected chi connectivity index (χ2v) is 4.12. The lowest BCUT2D eigenvalue weighted by atomic mass is 10.1. The van der Waals surface area contributed by atoms with E-state index in [9.17, 15) is 0 Å². The lowest BCUT2D eigenvalue weighted by Gasteiger charge is -1.99. The zero-order valence-corrected chi connectivity index (χ0v) is 9.98. The van der Waals surface area contributed by atoms with Crippen molar-refractivity contribution < 1.29 is 0 Å². The second kappa shape index (κ2) is 12.1. The molecule has 13 heavy (non-hydrogen) atoms. The molecule has 0 rings (SSSR count). The molecule has 0 fully saturated rings. The standard InChI is InChI=1S/C9H20N2S.ClH/c1-2-3-4-5-6-7-8-12-9(10)11;/h2-8H2,1H3,(H3,10,11);1H. The number of nitrogens with one attached hydrogen (secondary N) is 1. The zero-order valence-electron chi connectivity index (χ0n) is 8.34. The Morgan fingerprint density at radius 1 is 1.15 bits per heavy atom. The topological polar surface area (TPSA) is 49.9 Å². The minimum Gasteiger partial charge on any atom is -0.379 e. The molecule has 0 unspecified atom stereocenters. The molecule has 0 aromatic heterocycles. The van der Waals surface area contributed by atoms with Gasteiger partial charge in [0, 0.05) is 5.75 Å². The number of unbranched alkanes of at least 4 members (excludes halogenated alkanes) is 5. The predicted octanol–water partition coefficient (Wildman–Crippen LogP) is 3.40. The van der Waals surface area contributed by atoms with Gasteiger partial charge in [0.25, 0.3) is 0 Å². The zero-order chi connectivity index (χ0) is 9.23. The van der Waals surface area contributed by atoms with E-state index in [-0.39, 0.29) is 17.6 Å². The molecule has 0 aliphatic heterocycles. The summed E-state index contributed by atoms with van der Waals surface area (Å²) < 4.78 is 0. The maximum atomic E-state index is 6.98. The van der Waals surface area contributed by atoms with E-state index in [4.69, 9.17) is 11.1 Å². The molecule has 3 N–H and O–H groups in total. The highest BCUT2D eigenvalue weighted by molar-refractivity contribution is 8.13. The summed E-state index contributed by atoms with van der Waals surface area (Å²) in [4.78, 5) is 0. The number of rotatable bonds is 7. The highest BCUT2D eigenvalue weighted by Gasteiger charge is 1.92. The molecule has 80 valence electrons. The van der Waals surface area contributed by atoms with Crippen LogP contribution in [-0.2, 0) is 0 Å². The van der Waals surface area contributed by atoms with Crippen LogP contribution in [0, 0.1) is 5.41 Å². The van der Waals surface area contributed by atoms with Crippen LogP contribution in [0.4, 0.5) is 0 Å². The van der Waals surface area contributed by atoms with Gasteiger partial charge in [0.1, 0.15) is 0 Å². The Bertz CT molecular complexity index is 120. The van der Waals surface area contributed by atoms with Gasteiger partial charge in [-0.3, -0.25) is 5.41 Å². The molecule has 0 amide bonds. The Balaban J connectivity index is 0. The van der Waals surface area contributed by atoms with Gasteiger partial charge in [-0.15, -0.1) is 12.4 Å². The summed E-state index contributed by atoms with van der Waals surface area (Å²) in [5.41, 5.74) is 5.20. The fourth-order valence-electron chi connectivity index (χ4n) is 1.06. The van der Waals surface area contributed by atoms with Crippen molar-refractivity contribution >= 4 is 29.3 Å². The van der Waals surface area contributed by atoms with Crippen molar-refractivity contribution in [2.45, 2.75) is 45.4 Å². The van der Waals surface area contributed by atoms with Crippen LogP contribution in [0.5, 0.6) is 0 Å². The molecule has 0 saturated carbocycles. The highest BCUT2D eigenvalue weighted by atomic mass is 35.5. The van der Waals surface area contributed by atoms with E-state index in [1.54, 1.807) is 0 Å². The number of thioether (sulfide) groups is 1. The van der Waals surface area contributed by atoms with Crippen molar-refractivity contribution in [2.75, 3.05) is 5.75 Å². The minimum absolute atomic E-state index is 0. The summed E-state index contributed by atoms with van der Waals surface area (Å²) in [5, 5.41) is 7.23. The fourth-order valence-corrected chi connectivity index (χ4v) is 1.63. The third-order valence-corrected chi connectivity index (χ3v) is 2.56.